The second kappa shape index (κ2) is 5.00. The van der Waals surface area contributed by atoms with Gasteiger partial charge in [-0.1, -0.05) is 30.3 Å². The standard InChI is InChI=1S/C13H18O3S/c1-11(14)9-13(2,3)17(15,16)10-12-7-5-4-6-8-12/h4-8H,9-10H2,1-3H3. The summed E-state index contributed by atoms with van der Waals surface area (Å²) in [6.07, 6.45) is 0.0577. The fraction of sp³-hybridized carbons (Fsp3) is 0.462. The SMILES string of the molecule is CC(=O)CC(C)(C)S(=O)(=O)Cc1ccccc1. The Morgan fingerprint density at radius 3 is 2.18 bits per heavy atom. The van der Waals surface area contributed by atoms with Crippen LogP contribution in [0.25, 0.3) is 0 Å². The van der Waals surface area contributed by atoms with Gasteiger partial charge in [-0.3, -0.25) is 4.79 Å². The molecule has 3 nitrogen and oxygen atoms in total. The summed E-state index contributed by atoms with van der Waals surface area (Å²) >= 11 is 0. The molecule has 0 saturated carbocycles. The molecule has 4 heteroatoms. The van der Waals surface area contributed by atoms with Crippen molar-refractivity contribution in [1.82, 2.24) is 0 Å². The van der Waals surface area contributed by atoms with E-state index in [-0.39, 0.29) is 18.0 Å². The Morgan fingerprint density at radius 1 is 1.18 bits per heavy atom. The van der Waals surface area contributed by atoms with E-state index < -0.39 is 14.6 Å². The molecule has 1 aromatic rings. The number of sulfone groups is 1. The zero-order chi connectivity index (χ0) is 13.1. The molecule has 17 heavy (non-hydrogen) atoms. The summed E-state index contributed by atoms with van der Waals surface area (Å²) in [5.41, 5.74) is 0.754. The van der Waals surface area contributed by atoms with Crippen LogP contribution in [0, 0.1) is 0 Å². The summed E-state index contributed by atoms with van der Waals surface area (Å²) in [7, 11) is -3.33. The quantitative estimate of drug-likeness (QED) is 0.810. The van der Waals surface area contributed by atoms with Crippen molar-refractivity contribution in [2.45, 2.75) is 37.7 Å². The zero-order valence-electron chi connectivity index (χ0n) is 10.4. The molecule has 94 valence electrons. The van der Waals surface area contributed by atoms with Crippen molar-refractivity contribution in [3.63, 3.8) is 0 Å². The topological polar surface area (TPSA) is 51.2 Å². The lowest BCUT2D eigenvalue weighted by Crippen LogP contribution is -2.35. The maximum absolute atomic E-state index is 12.2. The van der Waals surface area contributed by atoms with E-state index in [9.17, 15) is 13.2 Å². The van der Waals surface area contributed by atoms with E-state index in [0.717, 1.165) is 5.56 Å². The summed E-state index contributed by atoms with van der Waals surface area (Å²) in [6, 6.07) is 9.02. The lowest BCUT2D eigenvalue weighted by atomic mass is 10.1. The third-order valence-corrected chi connectivity index (χ3v) is 5.26. The molecule has 0 aliphatic heterocycles. The van der Waals surface area contributed by atoms with Crippen LogP contribution in [0.4, 0.5) is 0 Å². The number of hydrogen-bond donors (Lipinski definition) is 0. The average molecular weight is 254 g/mol. The monoisotopic (exact) mass is 254 g/mol. The second-order valence-corrected chi connectivity index (χ2v) is 7.51. The molecule has 0 aromatic heterocycles. The molecule has 0 spiro atoms. The molecule has 0 fully saturated rings. The van der Waals surface area contributed by atoms with Gasteiger partial charge >= 0.3 is 0 Å². The molecular weight excluding hydrogens is 236 g/mol. The van der Waals surface area contributed by atoms with E-state index in [2.05, 4.69) is 0 Å². The van der Waals surface area contributed by atoms with Gasteiger partial charge in [0.05, 0.1) is 10.5 Å². The second-order valence-electron chi connectivity index (χ2n) is 4.88. The van der Waals surface area contributed by atoms with Gasteiger partial charge in [0.1, 0.15) is 5.78 Å². The van der Waals surface area contributed by atoms with Crippen molar-refractivity contribution in [3.05, 3.63) is 35.9 Å². The Kier molecular flexibility index (Phi) is 4.09. The van der Waals surface area contributed by atoms with Crippen molar-refractivity contribution in [2.24, 2.45) is 0 Å². The smallest absolute Gasteiger partial charge is 0.160 e. The predicted molar refractivity (Wildman–Crippen MR) is 68.4 cm³/mol. The molecule has 0 amide bonds. The highest BCUT2D eigenvalue weighted by atomic mass is 32.2. The van der Waals surface area contributed by atoms with Crippen LogP contribution in [0.1, 0.15) is 32.8 Å². The van der Waals surface area contributed by atoms with Crippen molar-refractivity contribution >= 4 is 15.6 Å². The van der Waals surface area contributed by atoms with Crippen LogP contribution in [-0.2, 0) is 20.4 Å². The normalized spacial score (nSPS) is 12.4. The Bertz CT molecular complexity index is 487. The minimum absolute atomic E-state index is 0.0197. The van der Waals surface area contributed by atoms with E-state index in [1.807, 2.05) is 18.2 Å². The number of carbonyl (C=O) groups is 1. The van der Waals surface area contributed by atoms with E-state index >= 15 is 0 Å². The first-order valence-electron chi connectivity index (χ1n) is 5.50. The minimum Gasteiger partial charge on any atom is -0.300 e. The van der Waals surface area contributed by atoms with E-state index in [1.165, 1.54) is 6.92 Å². The maximum Gasteiger partial charge on any atom is 0.160 e. The van der Waals surface area contributed by atoms with Crippen LogP contribution in [0.3, 0.4) is 0 Å². The van der Waals surface area contributed by atoms with E-state index in [0.29, 0.717) is 0 Å². The molecule has 0 N–H and O–H groups in total. The number of benzene rings is 1. The fourth-order valence-corrected chi connectivity index (χ4v) is 3.14. The predicted octanol–water partition coefficient (Wildman–Crippen LogP) is 2.36. The number of ketones is 1. The lowest BCUT2D eigenvalue weighted by Gasteiger charge is -2.23. The first-order valence-corrected chi connectivity index (χ1v) is 7.15. The summed E-state index contributed by atoms with van der Waals surface area (Å²) in [4.78, 5) is 11.1. The average Bonchev–Trinajstić information content (AvgIpc) is 2.16. The van der Waals surface area contributed by atoms with Crippen molar-refractivity contribution in [3.8, 4) is 0 Å². The first-order chi connectivity index (χ1) is 7.74. The van der Waals surface area contributed by atoms with Crippen molar-refractivity contribution in [2.75, 3.05) is 0 Å². The first kappa shape index (κ1) is 13.9. The summed E-state index contributed by atoms with van der Waals surface area (Å²) in [6.45, 7) is 4.62. The summed E-state index contributed by atoms with van der Waals surface area (Å²) < 4.78 is 23.4. The van der Waals surface area contributed by atoms with Gasteiger partial charge in [0.15, 0.2) is 9.84 Å². The highest BCUT2D eigenvalue weighted by molar-refractivity contribution is 7.92. The Labute approximate surface area is 103 Å². The molecular formula is C13H18O3S. The zero-order valence-corrected chi connectivity index (χ0v) is 11.3. The van der Waals surface area contributed by atoms with Crippen LogP contribution in [0.5, 0.6) is 0 Å². The van der Waals surface area contributed by atoms with Gasteiger partial charge in [-0.2, -0.15) is 0 Å². The highest BCUT2D eigenvalue weighted by Crippen LogP contribution is 2.25. The Morgan fingerprint density at radius 2 is 1.71 bits per heavy atom. The maximum atomic E-state index is 12.2. The van der Waals surface area contributed by atoms with Gasteiger partial charge in [0.25, 0.3) is 0 Å². The fourth-order valence-electron chi connectivity index (χ4n) is 1.70. The van der Waals surface area contributed by atoms with Crippen LogP contribution in [0.15, 0.2) is 30.3 Å². The molecule has 0 aliphatic rings. The lowest BCUT2D eigenvalue weighted by molar-refractivity contribution is -0.117. The molecule has 0 aliphatic carbocycles. The number of rotatable bonds is 5. The van der Waals surface area contributed by atoms with Gasteiger partial charge in [0, 0.05) is 6.42 Å². The Hall–Kier alpha value is -1.16. The van der Waals surface area contributed by atoms with Gasteiger partial charge in [-0.05, 0) is 26.3 Å². The molecule has 0 radical (unpaired) electrons. The van der Waals surface area contributed by atoms with Crippen LogP contribution in [-0.4, -0.2) is 18.9 Å². The minimum atomic E-state index is -3.33. The highest BCUT2D eigenvalue weighted by Gasteiger charge is 2.35. The van der Waals surface area contributed by atoms with Gasteiger partial charge in [-0.25, -0.2) is 8.42 Å². The molecule has 0 atom stereocenters. The third-order valence-electron chi connectivity index (χ3n) is 2.72. The number of hydrogen-bond acceptors (Lipinski definition) is 3. The molecule has 0 saturated heterocycles. The van der Waals surface area contributed by atoms with Gasteiger partial charge in [0.2, 0.25) is 0 Å². The Balaban J connectivity index is 2.93. The third kappa shape index (κ3) is 3.66. The largest absolute Gasteiger partial charge is 0.300 e. The number of carbonyl (C=O) groups excluding carboxylic acids is 1. The summed E-state index contributed by atoms with van der Waals surface area (Å²) in [5.74, 6) is -0.125. The van der Waals surface area contributed by atoms with E-state index in [1.54, 1.807) is 26.0 Å². The van der Waals surface area contributed by atoms with Crippen molar-refractivity contribution in [1.29, 1.82) is 0 Å². The number of Topliss-reactive ketones (excluding diaryl/α,β-unsaturated/α-hetero) is 1. The van der Waals surface area contributed by atoms with Crippen molar-refractivity contribution < 1.29 is 13.2 Å². The molecule has 1 aromatic carbocycles. The van der Waals surface area contributed by atoms with Gasteiger partial charge < -0.3 is 0 Å². The molecule has 0 bridgehead atoms. The molecule has 0 heterocycles. The molecule has 0 unspecified atom stereocenters. The molecule has 1 rings (SSSR count). The van der Waals surface area contributed by atoms with Crippen LogP contribution in [0.2, 0.25) is 0 Å². The van der Waals surface area contributed by atoms with Crippen LogP contribution < -0.4 is 0 Å². The van der Waals surface area contributed by atoms with E-state index in [4.69, 9.17) is 0 Å². The van der Waals surface area contributed by atoms with Crippen LogP contribution >= 0.6 is 0 Å². The summed E-state index contributed by atoms with van der Waals surface area (Å²) in [5, 5.41) is 0. The van der Waals surface area contributed by atoms with Gasteiger partial charge in [-0.15, -0.1) is 0 Å².